The molecule has 6 rings (SSSR count). The van der Waals surface area contributed by atoms with Crippen molar-refractivity contribution in [2.45, 2.75) is 37.8 Å². The minimum absolute atomic E-state index is 0.672. The van der Waals surface area contributed by atoms with Crippen molar-refractivity contribution in [2.24, 2.45) is 13.0 Å². The van der Waals surface area contributed by atoms with Crippen molar-refractivity contribution in [1.29, 1.82) is 0 Å². The lowest BCUT2D eigenvalue weighted by Crippen LogP contribution is -2.18. The van der Waals surface area contributed by atoms with Gasteiger partial charge in [0.15, 0.2) is 11.0 Å². The van der Waals surface area contributed by atoms with Gasteiger partial charge < -0.3 is 19.9 Å². The standard InChI is InChI=1S/C28H32N6OS/c1-18-8-11-21-22(6-3-7-23(21)31-18)27-32-33-28(34(27)2)36-14-4-5-19-9-10-20-15-26-25(29-12-13-35-26)16-24(20)30-17-19/h3,6-8,11,15-16,19,29-30H,4-5,9-10,12-14,17H2,1-2H3. The summed E-state index contributed by atoms with van der Waals surface area (Å²) in [5.74, 6) is 3.60. The van der Waals surface area contributed by atoms with Crippen LogP contribution in [-0.2, 0) is 13.5 Å². The summed E-state index contributed by atoms with van der Waals surface area (Å²) in [6.07, 6.45) is 4.68. The smallest absolute Gasteiger partial charge is 0.191 e. The third kappa shape index (κ3) is 4.62. The van der Waals surface area contributed by atoms with Gasteiger partial charge in [0.05, 0.1) is 11.2 Å². The third-order valence-electron chi connectivity index (χ3n) is 7.22. The molecule has 0 bridgehead atoms. The van der Waals surface area contributed by atoms with Gasteiger partial charge in [0.1, 0.15) is 12.4 Å². The summed E-state index contributed by atoms with van der Waals surface area (Å²) < 4.78 is 7.95. The summed E-state index contributed by atoms with van der Waals surface area (Å²) >= 11 is 1.80. The maximum atomic E-state index is 5.83. The average Bonchev–Trinajstić information content (AvgIpc) is 3.14. The van der Waals surface area contributed by atoms with E-state index in [-0.39, 0.29) is 0 Å². The number of ether oxygens (including phenoxy) is 1. The highest BCUT2D eigenvalue weighted by Gasteiger charge is 2.20. The maximum absolute atomic E-state index is 5.83. The van der Waals surface area contributed by atoms with Crippen LogP contribution in [0.5, 0.6) is 5.75 Å². The van der Waals surface area contributed by atoms with E-state index in [0.717, 1.165) is 82.9 Å². The van der Waals surface area contributed by atoms with Crippen LogP contribution in [0.4, 0.5) is 11.4 Å². The molecule has 36 heavy (non-hydrogen) atoms. The van der Waals surface area contributed by atoms with Crippen molar-refractivity contribution in [3.63, 3.8) is 0 Å². The molecule has 2 aliphatic heterocycles. The highest BCUT2D eigenvalue weighted by atomic mass is 32.2. The molecule has 0 amide bonds. The second kappa shape index (κ2) is 10.0. The minimum Gasteiger partial charge on any atom is -0.490 e. The first-order valence-electron chi connectivity index (χ1n) is 12.8. The number of rotatable bonds is 6. The average molecular weight is 501 g/mol. The molecule has 4 heterocycles. The number of fused-ring (bicyclic) bond motifs is 3. The lowest BCUT2D eigenvalue weighted by molar-refractivity contribution is 0.323. The number of aromatic nitrogens is 4. The highest BCUT2D eigenvalue weighted by molar-refractivity contribution is 7.99. The van der Waals surface area contributed by atoms with E-state index in [9.17, 15) is 0 Å². The van der Waals surface area contributed by atoms with Crippen LogP contribution in [-0.4, -0.2) is 45.2 Å². The molecule has 2 aromatic carbocycles. The molecule has 1 atom stereocenters. The van der Waals surface area contributed by atoms with Crippen molar-refractivity contribution in [2.75, 3.05) is 36.1 Å². The number of nitrogens with one attached hydrogen (secondary N) is 2. The van der Waals surface area contributed by atoms with E-state index in [4.69, 9.17) is 4.74 Å². The third-order valence-corrected chi connectivity index (χ3v) is 8.32. The minimum atomic E-state index is 0.672. The summed E-state index contributed by atoms with van der Waals surface area (Å²) in [4.78, 5) is 4.67. The van der Waals surface area contributed by atoms with Crippen LogP contribution in [0, 0.1) is 12.8 Å². The van der Waals surface area contributed by atoms with Gasteiger partial charge in [-0.25, -0.2) is 0 Å². The maximum Gasteiger partial charge on any atom is 0.191 e. The Balaban J connectivity index is 1.05. The molecule has 7 nitrogen and oxygen atoms in total. The Morgan fingerprint density at radius 3 is 3.00 bits per heavy atom. The van der Waals surface area contributed by atoms with E-state index in [1.165, 1.54) is 24.1 Å². The molecule has 0 saturated heterocycles. The first-order valence-corrected chi connectivity index (χ1v) is 13.8. The van der Waals surface area contributed by atoms with Gasteiger partial charge in [0, 0.05) is 48.2 Å². The number of anilines is 2. The molecule has 0 aliphatic carbocycles. The zero-order valence-corrected chi connectivity index (χ0v) is 21.7. The molecule has 1 unspecified atom stereocenters. The van der Waals surface area contributed by atoms with Gasteiger partial charge in [0.2, 0.25) is 0 Å². The van der Waals surface area contributed by atoms with Gasteiger partial charge in [-0.05, 0) is 68.4 Å². The Kier molecular flexibility index (Phi) is 6.44. The Hall–Kier alpha value is -3.26. The van der Waals surface area contributed by atoms with Crippen LogP contribution >= 0.6 is 11.8 Å². The van der Waals surface area contributed by atoms with E-state index in [2.05, 4.69) is 73.8 Å². The molecule has 186 valence electrons. The topological polar surface area (TPSA) is 76.9 Å². The largest absolute Gasteiger partial charge is 0.490 e. The molecule has 0 radical (unpaired) electrons. The molecule has 2 aromatic heterocycles. The lowest BCUT2D eigenvalue weighted by atomic mass is 9.96. The summed E-state index contributed by atoms with van der Waals surface area (Å²) in [6, 6.07) is 14.8. The van der Waals surface area contributed by atoms with Crippen LogP contribution in [0.1, 0.15) is 30.5 Å². The van der Waals surface area contributed by atoms with E-state index in [1.54, 1.807) is 11.8 Å². The SMILES string of the molecule is Cc1ccc2c(-c3nnc(SCCCC4CCc5cc6c(cc5NC4)NCCO6)n3C)cccc2n1. The van der Waals surface area contributed by atoms with E-state index < -0.39 is 0 Å². The highest BCUT2D eigenvalue weighted by Crippen LogP contribution is 2.36. The van der Waals surface area contributed by atoms with Gasteiger partial charge in [0.25, 0.3) is 0 Å². The number of aryl methyl sites for hydroxylation is 2. The van der Waals surface area contributed by atoms with Gasteiger partial charge in [-0.1, -0.05) is 30.0 Å². The molecule has 4 aromatic rings. The Labute approximate surface area is 216 Å². The van der Waals surface area contributed by atoms with E-state index in [1.807, 2.05) is 13.0 Å². The van der Waals surface area contributed by atoms with E-state index >= 15 is 0 Å². The predicted molar refractivity (Wildman–Crippen MR) is 147 cm³/mol. The number of pyridine rings is 1. The number of thioether (sulfide) groups is 1. The lowest BCUT2D eigenvalue weighted by Gasteiger charge is -2.21. The zero-order chi connectivity index (χ0) is 24.5. The fraction of sp³-hybridized carbons (Fsp3) is 0.393. The summed E-state index contributed by atoms with van der Waals surface area (Å²) in [6.45, 7) is 4.66. The van der Waals surface area contributed by atoms with Gasteiger partial charge in [-0.15, -0.1) is 10.2 Å². The normalized spacial score (nSPS) is 16.9. The molecule has 2 aliphatic rings. The molecule has 0 saturated carbocycles. The number of hydrogen-bond donors (Lipinski definition) is 2. The van der Waals surface area contributed by atoms with Crippen LogP contribution in [0.3, 0.4) is 0 Å². The number of nitrogens with zero attached hydrogens (tertiary/aromatic N) is 4. The molecule has 2 N–H and O–H groups in total. The van der Waals surface area contributed by atoms with Crippen LogP contribution < -0.4 is 15.4 Å². The second-order valence-electron chi connectivity index (χ2n) is 9.75. The van der Waals surface area contributed by atoms with Crippen molar-refractivity contribution in [3.8, 4) is 17.1 Å². The molecule has 0 fully saturated rings. The fourth-order valence-electron chi connectivity index (χ4n) is 5.22. The van der Waals surface area contributed by atoms with Gasteiger partial charge in [-0.3, -0.25) is 4.98 Å². The van der Waals surface area contributed by atoms with Crippen LogP contribution in [0.2, 0.25) is 0 Å². The van der Waals surface area contributed by atoms with Gasteiger partial charge >= 0.3 is 0 Å². The Morgan fingerprint density at radius 1 is 1.11 bits per heavy atom. The quantitative estimate of drug-likeness (QED) is 0.260. The molecular formula is C28H32N6OS. The Bertz CT molecular complexity index is 1360. The predicted octanol–water partition coefficient (Wildman–Crippen LogP) is 5.69. The first kappa shape index (κ1) is 23.2. The van der Waals surface area contributed by atoms with Crippen molar-refractivity contribution in [3.05, 3.63) is 53.7 Å². The monoisotopic (exact) mass is 500 g/mol. The van der Waals surface area contributed by atoms with Crippen molar-refractivity contribution < 1.29 is 4.74 Å². The van der Waals surface area contributed by atoms with Crippen molar-refractivity contribution in [1.82, 2.24) is 19.7 Å². The first-order chi connectivity index (χ1) is 17.7. The Morgan fingerprint density at radius 2 is 2.06 bits per heavy atom. The molecule has 8 heteroatoms. The molecular weight excluding hydrogens is 468 g/mol. The molecule has 0 spiro atoms. The van der Waals surface area contributed by atoms with E-state index in [0.29, 0.717) is 5.92 Å². The fourth-order valence-corrected chi connectivity index (χ4v) is 6.09. The zero-order valence-electron chi connectivity index (χ0n) is 20.9. The number of benzene rings is 2. The number of hydrogen-bond acceptors (Lipinski definition) is 7. The van der Waals surface area contributed by atoms with Crippen LogP contribution in [0.15, 0.2) is 47.6 Å². The summed E-state index contributed by atoms with van der Waals surface area (Å²) in [7, 11) is 2.06. The van der Waals surface area contributed by atoms with Crippen LogP contribution in [0.25, 0.3) is 22.3 Å². The van der Waals surface area contributed by atoms with Crippen molar-refractivity contribution >= 4 is 34.0 Å². The summed E-state index contributed by atoms with van der Waals surface area (Å²) in [5.41, 5.74) is 6.84. The van der Waals surface area contributed by atoms with Gasteiger partial charge in [-0.2, -0.15) is 0 Å². The second-order valence-corrected chi connectivity index (χ2v) is 10.8. The summed E-state index contributed by atoms with van der Waals surface area (Å²) in [5, 5.41) is 18.3.